The summed E-state index contributed by atoms with van der Waals surface area (Å²) in [4.78, 5) is 11.4. The van der Waals surface area contributed by atoms with Crippen molar-refractivity contribution in [2.24, 2.45) is 0 Å². The van der Waals surface area contributed by atoms with E-state index in [0.717, 1.165) is 11.1 Å². The highest BCUT2D eigenvalue weighted by Crippen LogP contribution is 2.20. The summed E-state index contributed by atoms with van der Waals surface area (Å²) in [5.41, 5.74) is 1.89. The molecule has 0 aliphatic heterocycles. The molecule has 5 heteroatoms. The molecule has 2 aromatic rings. The smallest absolute Gasteiger partial charge is 0.346 e. The third-order valence-corrected chi connectivity index (χ3v) is 4.07. The lowest BCUT2D eigenvalue weighted by Crippen LogP contribution is -2.18. The van der Waals surface area contributed by atoms with Gasteiger partial charge in [0.05, 0.1) is 0 Å². The predicted octanol–water partition coefficient (Wildman–Crippen LogP) is 3.95. The second kappa shape index (κ2) is 6.19. The first-order chi connectivity index (χ1) is 9.08. The molecule has 0 fully saturated rings. The molecular formula is C14H14ClNO2S. The zero-order valence-electron chi connectivity index (χ0n) is 10.4. The van der Waals surface area contributed by atoms with Gasteiger partial charge in [0, 0.05) is 17.6 Å². The summed E-state index contributed by atoms with van der Waals surface area (Å²) in [7, 11) is 0. The van der Waals surface area contributed by atoms with Crippen LogP contribution < -0.4 is 5.32 Å². The van der Waals surface area contributed by atoms with Crippen LogP contribution in [0.3, 0.4) is 0 Å². The molecule has 0 aliphatic rings. The van der Waals surface area contributed by atoms with Crippen LogP contribution in [0.25, 0.3) is 0 Å². The van der Waals surface area contributed by atoms with Gasteiger partial charge >= 0.3 is 5.97 Å². The normalized spacial score (nSPS) is 12.3. The van der Waals surface area contributed by atoms with E-state index in [1.165, 1.54) is 11.3 Å². The number of rotatable bonds is 5. The van der Waals surface area contributed by atoms with Crippen molar-refractivity contribution in [3.8, 4) is 0 Å². The Labute approximate surface area is 120 Å². The van der Waals surface area contributed by atoms with Crippen molar-refractivity contribution in [2.45, 2.75) is 19.5 Å². The number of carboxylic acid groups (broad SMARTS) is 1. The lowest BCUT2D eigenvalue weighted by Gasteiger charge is -2.14. The molecule has 0 bridgehead atoms. The van der Waals surface area contributed by atoms with E-state index < -0.39 is 5.97 Å². The maximum Gasteiger partial charge on any atom is 0.346 e. The highest BCUT2D eigenvalue weighted by Gasteiger charge is 2.12. The maximum absolute atomic E-state index is 11.0. The quantitative estimate of drug-likeness (QED) is 0.878. The van der Waals surface area contributed by atoms with Crippen molar-refractivity contribution < 1.29 is 9.90 Å². The third-order valence-electron chi connectivity index (χ3n) is 2.89. The largest absolute Gasteiger partial charge is 0.477 e. The minimum absolute atomic E-state index is 0.111. The van der Waals surface area contributed by atoms with Gasteiger partial charge in [0.25, 0.3) is 0 Å². The van der Waals surface area contributed by atoms with Gasteiger partial charge in [-0.1, -0.05) is 23.7 Å². The molecule has 1 aromatic carbocycles. The van der Waals surface area contributed by atoms with E-state index in [-0.39, 0.29) is 6.04 Å². The number of carbonyl (C=O) groups is 1. The molecule has 0 aliphatic carbocycles. The number of hydrogen-bond acceptors (Lipinski definition) is 3. The first-order valence-corrected chi connectivity index (χ1v) is 7.12. The van der Waals surface area contributed by atoms with E-state index in [2.05, 4.69) is 5.32 Å². The average molecular weight is 296 g/mol. The molecule has 0 spiro atoms. The maximum atomic E-state index is 11.0. The van der Waals surface area contributed by atoms with Gasteiger partial charge in [0.15, 0.2) is 0 Å². The molecule has 1 aromatic heterocycles. The standard InChI is InChI=1S/C14H14ClNO2S/c1-9(10-3-2-4-12(15)7-10)16-8-11-5-6-19-13(11)14(17)18/h2-7,9,16H,8H2,1H3,(H,17,18)/t9-/m0/s1. The fourth-order valence-corrected chi connectivity index (χ4v) is 2.78. The van der Waals surface area contributed by atoms with Crippen molar-refractivity contribution >= 4 is 28.9 Å². The van der Waals surface area contributed by atoms with Gasteiger partial charge < -0.3 is 10.4 Å². The van der Waals surface area contributed by atoms with Gasteiger partial charge in [0.1, 0.15) is 4.88 Å². The summed E-state index contributed by atoms with van der Waals surface area (Å²) in [5, 5.41) is 14.8. The molecule has 0 saturated heterocycles. The zero-order valence-corrected chi connectivity index (χ0v) is 12.0. The lowest BCUT2D eigenvalue weighted by atomic mass is 10.1. The zero-order chi connectivity index (χ0) is 13.8. The summed E-state index contributed by atoms with van der Waals surface area (Å²) in [5.74, 6) is -0.873. The first-order valence-electron chi connectivity index (χ1n) is 5.86. The van der Waals surface area contributed by atoms with Crippen LogP contribution >= 0.6 is 22.9 Å². The average Bonchev–Trinajstić information content (AvgIpc) is 2.84. The molecule has 2 N–H and O–H groups in total. The Morgan fingerprint density at radius 2 is 2.26 bits per heavy atom. The van der Waals surface area contributed by atoms with Crippen molar-refractivity contribution in [1.82, 2.24) is 5.32 Å². The molecule has 0 amide bonds. The van der Waals surface area contributed by atoms with E-state index in [9.17, 15) is 4.79 Å². The molecule has 2 rings (SSSR count). The lowest BCUT2D eigenvalue weighted by molar-refractivity contribution is 0.0701. The molecule has 1 atom stereocenters. The fourth-order valence-electron chi connectivity index (χ4n) is 1.82. The number of aromatic carboxylic acids is 1. The number of halogens is 1. The molecular weight excluding hydrogens is 282 g/mol. The Bertz CT molecular complexity index is 582. The van der Waals surface area contributed by atoms with Crippen molar-refractivity contribution in [1.29, 1.82) is 0 Å². The minimum Gasteiger partial charge on any atom is -0.477 e. The fraction of sp³-hybridized carbons (Fsp3) is 0.214. The Kier molecular flexibility index (Phi) is 4.58. The minimum atomic E-state index is -0.873. The van der Waals surface area contributed by atoms with Crippen molar-refractivity contribution in [3.05, 3.63) is 56.7 Å². The van der Waals surface area contributed by atoms with E-state index >= 15 is 0 Å². The van der Waals surface area contributed by atoms with Crippen molar-refractivity contribution in [3.63, 3.8) is 0 Å². The van der Waals surface area contributed by atoms with Gasteiger partial charge in [-0.3, -0.25) is 0 Å². The molecule has 0 saturated carbocycles. The Hall–Kier alpha value is -1.36. The highest BCUT2D eigenvalue weighted by atomic mass is 35.5. The second-order valence-corrected chi connectivity index (χ2v) is 5.59. The van der Waals surface area contributed by atoms with Crippen LogP contribution in [0, 0.1) is 0 Å². The van der Waals surface area contributed by atoms with Crippen LogP contribution in [-0.4, -0.2) is 11.1 Å². The summed E-state index contributed by atoms with van der Waals surface area (Å²) in [6, 6.07) is 9.59. The van der Waals surface area contributed by atoms with Crippen LogP contribution in [0.2, 0.25) is 5.02 Å². The van der Waals surface area contributed by atoms with E-state index in [1.807, 2.05) is 37.3 Å². The Morgan fingerprint density at radius 3 is 2.95 bits per heavy atom. The topological polar surface area (TPSA) is 49.3 Å². The van der Waals surface area contributed by atoms with E-state index in [4.69, 9.17) is 16.7 Å². The molecule has 1 heterocycles. The molecule has 100 valence electrons. The third kappa shape index (κ3) is 3.56. The van der Waals surface area contributed by atoms with Crippen LogP contribution in [0.15, 0.2) is 35.7 Å². The van der Waals surface area contributed by atoms with Crippen LogP contribution in [0.1, 0.15) is 33.8 Å². The van der Waals surface area contributed by atoms with E-state index in [0.29, 0.717) is 16.4 Å². The molecule has 0 radical (unpaired) electrons. The number of thiophene rings is 1. The van der Waals surface area contributed by atoms with Crippen LogP contribution in [-0.2, 0) is 6.54 Å². The number of nitrogens with one attached hydrogen (secondary N) is 1. The Morgan fingerprint density at radius 1 is 1.47 bits per heavy atom. The summed E-state index contributed by atoms with van der Waals surface area (Å²) >= 11 is 7.20. The second-order valence-electron chi connectivity index (χ2n) is 4.24. The molecule has 0 unspecified atom stereocenters. The Balaban J connectivity index is 2.02. The van der Waals surface area contributed by atoms with Crippen LogP contribution in [0.5, 0.6) is 0 Å². The predicted molar refractivity (Wildman–Crippen MR) is 78.0 cm³/mol. The van der Waals surface area contributed by atoms with Gasteiger partial charge in [-0.25, -0.2) is 4.79 Å². The monoisotopic (exact) mass is 295 g/mol. The molecule has 19 heavy (non-hydrogen) atoms. The first kappa shape index (κ1) is 14.1. The van der Waals surface area contributed by atoms with Gasteiger partial charge in [-0.2, -0.15) is 0 Å². The van der Waals surface area contributed by atoms with Gasteiger partial charge in [-0.05, 0) is 41.6 Å². The number of hydrogen-bond donors (Lipinski definition) is 2. The van der Waals surface area contributed by atoms with E-state index in [1.54, 1.807) is 5.38 Å². The molecule has 3 nitrogen and oxygen atoms in total. The van der Waals surface area contributed by atoms with Gasteiger partial charge in [-0.15, -0.1) is 11.3 Å². The van der Waals surface area contributed by atoms with Gasteiger partial charge in [0.2, 0.25) is 0 Å². The highest BCUT2D eigenvalue weighted by molar-refractivity contribution is 7.12. The summed E-state index contributed by atoms with van der Waals surface area (Å²) in [6.45, 7) is 2.55. The SMILES string of the molecule is C[C@H](NCc1ccsc1C(=O)O)c1cccc(Cl)c1. The van der Waals surface area contributed by atoms with Crippen molar-refractivity contribution in [2.75, 3.05) is 0 Å². The number of carboxylic acids is 1. The summed E-state index contributed by atoms with van der Waals surface area (Å²) in [6.07, 6.45) is 0. The summed E-state index contributed by atoms with van der Waals surface area (Å²) < 4.78 is 0. The van der Waals surface area contributed by atoms with Crippen LogP contribution in [0.4, 0.5) is 0 Å². The number of benzene rings is 1.